The minimum Gasteiger partial charge on any atom is -0.352 e. The van der Waals surface area contributed by atoms with Crippen LogP contribution in [0.1, 0.15) is 38.3 Å². The van der Waals surface area contributed by atoms with Gasteiger partial charge < -0.3 is 10.2 Å². The van der Waals surface area contributed by atoms with E-state index in [1.165, 1.54) is 35.2 Å². The van der Waals surface area contributed by atoms with E-state index in [4.69, 9.17) is 0 Å². The number of anilines is 1. The summed E-state index contributed by atoms with van der Waals surface area (Å²) in [6.07, 6.45) is 0.784. The van der Waals surface area contributed by atoms with Crippen molar-refractivity contribution in [3.63, 3.8) is 0 Å². The van der Waals surface area contributed by atoms with Gasteiger partial charge in [0.05, 0.1) is 10.6 Å². The van der Waals surface area contributed by atoms with Crippen molar-refractivity contribution in [2.75, 3.05) is 17.4 Å². The lowest BCUT2D eigenvalue weighted by Gasteiger charge is -2.33. The third kappa shape index (κ3) is 7.66. The molecule has 0 spiro atoms. The summed E-state index contributed by atoms with van der Waals surface area (Å²) in [6, 6.07) is 20.1. The van der Waals surface area contributed by atoms with E-state index in [0.717, 1.165) is 21.5 Å². The first-order chi connectivity index (χ1) is 18.5. The number of hydrogen-bond acceptors (Lipinski definition) is 4. The Labute approximate surface area is 230 Å². The Morgan fingerprint density at radius 3 is 2.13 bits per heavy atom. The summed E-state index contributed by atoms with van der Waals surface area (Å²) >= 11 is 0. The molecule has 3 aromatic carbocycles. The molecule has 3 aromatic rings. The molecule has 0 aliphatic heterocycles. The lowest BCUT2D eigenvalue weighted by molar-refractivity contribution is -0.139. The molecule has 2 amide bonds. The maximum absolute atomic E-state index is 15.0. The Kier molecular flexibility index (Phi) is 10.2. The topological polar surface area (TPSA) is 86.8 Å². The van der Waals surface area contributed by atoms with Crippen LogP contribution in [0.15, 0.2) is 83.8 Å². The van der Waals surface area contributed by atoms with Gasteiger partial charge in [-0.15, -0.1) is 0 Å². The van der Waals surface area contributed by atoms with Gasteiger partial charge in [-0.05, 0) is 63.4 Å². The maximum atomic E-state index is 15.0. The van der Waals surface area contributed by atoms with Gasteiger partial charge in [-0.3, -0.25) is 13.9 Å². The van der Waals surface area contributed by atoms with Crippen LogP contribution in [0.4, 0.5) is 10.1 Å². The third-order valence-electron chi connectivity index (χ3n) is 6.31. The van der Waals surface area contributed by atoms with Crippen molar-refractivity contribution >= 4 is 27.5 Å². The number of carbonyl (C=O) groups is 2. The molecule has 0 aromatic heterocycles. The van der Waals surface area contributed by atoms with Crippen LogP contribution in [-0.2, 0) is 26.0 Å². The van der Waals surface area contributed by atoms with Gasteiger partial charge in [0.1, 0.15) is 18.4 Å². The molecule has 0 saturated heterocycles. The number of halogens is 1. The fourth-order valence-corrected chi connectivity index (χ4v) is 5.70. The molecular formula is C30H36FN3O4S. The van der Waals surface area contributed by atoms with E-state index in [2.05, 4.69) is 5.32 Å². The van der Waals surface area contributed by atoms with Crippen molar-refractivity contribution in [1.29, 1.82) is 0 Å². The SMILES string of the molecule is CCC(C(=O)NC(C)C)N(CCc1ccccc1)C(=O)CN(c1ccccc1F)S(=O)(=O)c1ccc(C)cc1. The van der Waals surface area contributed by atoms with E-state index in [9.17, 15) is 22.4 Å². The van der Waals surface area contributed by atoms with Crippen LogP contribution < -0.4 is 9.62 Å². The van der Waals surface area contributed by atoms with Crippen LogP contribution in [0.2, 0.25) is 0 Å². The Bertz CT molecular complexity index is 1360. The largest absolute Gasteiger partial charge is 0.352 e. The highest BCUT2D eigenvalue weighted by Gasteiger charge is 2.34. The molecule has 39 heavy (non-hydrogen) atoms. The second kappa shape index (κ2) is 13.4. The fraction of sp³-hybridized carbons (Fsp3) is 0.333. The number of hydrogen-bond donors (Lipinski definition) is 1. The first-order valence-electron chi connectivity index (χ1n) is 13.0. The Balaban J connectivity index is 2.02. The monoisotopic (exact) mass is 553 g/mol. The minimum atomic E-state index is -4.32. The van der Waals surface area contributed by atoms with Gasteiger partial charge in [-0.2, -0.15) is 0 Å². The number of amides is 2. The van der Waals surface area contributed by atoms with Gasteiger partial charge in [-0.25, -0.2) is 12.8 Å². The predicted octanol–water partition coefficient (Wildman–Crippen LogP) is 4.70. The Morgan fingerprint density at radius 1 is 0.923 bits per heavy atom. The van der Waals surface area contributed by atoms with Gasteiger partial charge in [0.2, 0.25) is 11.8 Å². The predicted molar refractivity (Wildman–Crippen MR) is 151 cm³/mol. The van der Waals surface area contributed by atoms with Crippen molar-refractivity contribution in [3.8, 4) is 0 Å². The van der Waals surface area contributed by atoms with Gasteiger partial charge in [0.25, 0.3) is 10.0 Å². The summed E-state index contributed by atoms with van der Waals surface area (Å²) in [4.78, 5) is 28.3. The van der Waals surface area contributed by atoms with Crippen molar-refractivity contribution in [2.24, 2.45) is 0 Å². The van der Waals surface area contributed by atoms with Crippen molar-refractivity contribution < 1.29 is 22.4 Å². The Morgan fingerprint density at radius 2 is 1.54 bits per heavy atom. The molecule has 9 heteroatoms. The quantitative estimate of drug-likeness (QED) is 0.352. The fourth-order valence-electron chi connectivity index (χ4n) is 4.28. The molecule has 1 unspecified atom stereocenters. The summed E-state index contributed by atoms with van der Waals surface area (Å²) in [7, 11) is -4.32. The van der Waals surface area contributed by atoms with E-state index in [0.29, 0.717) is 12.8 Å². The number of rotatable bonds is 12. The smallest absolute Gasteiger partial charge is 0.264 e. The van der Waals surface area contributed by atoms with Gasteiger partial charge in [0, 0.05) is 12.6 Å². The lowest BCUT2D eigenvalue weighted by atomic mass is 10.1. The average molecular weight is 554 g/mol. The summed E-state index contributed by atoms with van der Waals surface area (Å²) in [6.45, 7) is 6.79. The molecular weight excluding hydrogens is 517 g/mol. The van der Waals surface area contributed by atoms with E-state index < -0.39 is 34.3 Å². The maximum Gasteiger partial charge on any atom is 0.264 e. The van der Waals surface area contributed by atoms with Gasteiger partial charge in [0.15, 0.2) is 0 Å². The van der Waals surface area contributed by atoms with Crippen LogP contribution in [-0.4, -0.2) is 50.3 Å². The zero-order valence-corrected chi connectivity index (χ0v) is 23.6. The first-order valence-corrected chi connectivity index (χ1v) is 14.5. The van der Waals surface area contributed by atoms with Crippen LogP contribution in [0.25, 0.3) is 0 Å². The summed E-state index contributed by atoms with van der Waals surface area (Å²) < 4.78 is 43.3. The number of para-hydroxylation sites is 1. The van der Waals surface area contributed by atoms with Crippen molar-refractivity contribution in [2.45, 2.75) is 57.5 Å². The van der Waals surface area contributed by atoms with E-state index in [1.54, 1.807) is 19.1 Å². The van der Waals surface area contributed by atoms with Crippen LogP contribution in [0.3, 0.4) is 0 Å². The zero-order chi connectivity index (χ0) is 28.6. The molecule has 0 radical (unpaired) electrons. The second-order valence-corrected chi connectivity index (χ2v) is 11.5. The van der Waals surface area contributed by atoms with Gasteiger partial charge in [-0.1, -0.05) is 67.1 Å². The average Bonchev–Trinajstić information content (AvgIpc) is 2.90. The number of benzene rings is 3. The zero-order valence-electron chi connectivity index (χ0n) is 22.8. The summed E-state index contributed by atoms with van der Waals surface area (Å²) in [5.74, 6) is -1.70. The first kappa shape index (κ1) is 29.8. The van der Waals surface area contributed by atoms with Gasteiger partial charge >= 0.3 is 0 Å². The summed E-state index contributed by atoms with van der Waals surface area (Å²) in [5.41, 5.74) is 1.58. The molecule has 1 N–H and O–H groups in total. The molecule has 3 rings (SSSR count). The van der Waals surface area contributed by atoms with Crippen LogP contribution >= 0.6 is 0 Å². The highest BCUT2D eigenvalue weighted by molar-refractivity contribution is 7.92. The van der Waals surface area contributed by atoms with Crippen LogP contribution in [0.5, 0.6) is 0 Å². The lowest BCUT2D eigenvalue weighted by Crippen LogP contribution is -2.54. The Hall–Kier alpha value is -3.72. The molecule has 0 fully saturated rings. The number of nitrogens with zero attached hydrogens (tertiary/aromatic N) is 2. The van der Waals surface area contributed by atoms with E-state index in [1.807, 2.05) is 51.1 Å². The van der Waals surface area contributed by atoms with Crippen molar-refractivity contribution in [1.82, 2.24) is 10.2 Å². The molecule has 0 aliphatic rings. The minimum absolute atomic E-state index is 0.0652. The normalized spacial score (nSPS) is 12.2. The highest BCUT2D eigenvalue weighted by atomic mass is 32.2. The molecule has 1 atom stereocenters. The number of nitrogens with one attached hydrogen (secondary N) is 1. The molecule has 0 heterocycles. The number of aryl methyl sites for hydroxylation is 1. The molecule has 7 nitrogen and oxygen atoms in total. The highest BCUT2D eigenvalue weighted by Crippen LogP contribution is 2.27. The third-order valence-corrected chi connectivity index (χ3v) is 8.08. The van der Waals surface area contributed by atoms with Crippen molar-refractivity contribution in [3.05, 3.63) is 95.8 Å². The standard InChI is InChI=1S/C30H36FN3O4S/c1-5-27(30(36)32-22(2)3)33(20-19-24-11-7-6-8-12-24)29(35)21-34(28-14-10-9-13-26(28)31)39(37,38)25-17-15-23(4)16-18-25/h6-18,22,27H,5,19-21H2,1-4H3,(H,32,36). The van der Waals surface area contributed by atoms with E-state index >= 15 is 0 Å². The van der Waals surface area contributed by atoms with Crippen LogP contribution in [0, 0.1) is 12.7 Å². The number of sulfonamides is 1. The molecule has 0 saturated carbocycles. The number of carbonyl (C=O) groups excluding carboxylic acids is 2. The summed E-state index contributed by atoms with van der Waals surface area (Å²) in [5, 5.41) is 2.86. The molecule has 0 aliphatic carbocycles. The van der Waals surface area contributed by atoms with E-state index in [-0.39, 0.29) is 29.1 Å². The second-order valence-electron chi connectivity index (χ2n) is 9.69. The molecule has 0 bridgehead atoms. The molecule has 208 valence electrons.